The van der Waals surface area contributed by atoms with Crippen molar-refractivity contribution in [3.05, 3.63) is 52.5 Å². The third-order valence-electron chi connectivity index (χ3n) is 7.06. The Labute approximate surface area is 210 Å². The first-order valence-corrected chi connectivity index (χ1v) is 15.6. The summed E-state index contributed by atoms with van der Waals surface area (Å²) in [6.45, 7) is 12.9. The van der Waals surface area contributed by atoms with Crippen LogP contribution < -0.4 is 4.74 Å². The van der Waals surface area contributed by atoms with E-state index in [0.717, 1.165) is 24.3 Å². The summed E-state index contributed by atoms with van der Waals surface area (Å²) in [6, 6.07) is 10.2. The van der Waals surface area contributed by atoms with E-state index in [4.69, 9.17) is 19.2 Å². The monoisotopic (exact) mass is 533 g/mol. The third kappa shape index (κ3) is 8.72. The van der Waals surface area contributed by atoms with Crippen LogP contribution in [0.5, 0.6) is 5.75 Å². The summed E-state index contributed by atoms with van der Waals surface area (Å²) >= 11 is 3.25. The number of nitriles is 1. The Kier molecular flexibility index (Phi) is 10.9. The van der Waals surface area contributed by atoms with Gasteiger partial charge in [-0.25, -0.2) is 0 Å². The summed E-state index contributed by atoms with van der Waals surface area (Å²) < 4.78 is 18.9. The third-order valence-corrected chi connectivity index (χ3v) is 12.0. The highest BCUT2D eigenvalue weighted by molar-refractivity contribution is 9.12. The van der Waals surface area contributed by atoms with Crippen molar-refractivity contribution in [3.63, 3.8) is 0 Å². The van der Waals surface area contributed by atoms with Crippen molar-refractivity contribution in [1.29, 1.82) is 5.26 Å². The molecule has 0 unspecified atom stereocenters. The lowest BCUT2D eigenvalue weighted by Crippen LogP contribution is -2.46. The zero-order chi connectivity index (χ0) is 24.5. The van der Waals surface area contributed by atoms with Crippen LogP contribution in [0.25, 0.3) is 0 Å². The smallest absolute Gasteiger partial charge is 0.192 e. The van der Waals surface area contributed by atoms with Gasteiger partial charge in [0.25, 0.3) is 0 Å². The van der Waals surface area contributed by atoms with Crippen molar-refractivity contribution >= 4 is 24.2 Å². The van der Waals surface area contributed by atoms with E-state index in [1.54, 1.807) is 13.2 Å². The van der Waals surface area contributed by atoms with E-state index in [9.17, 15) is 0 Å². The van der Waals surface area contributed by atoms with Gasteiger partial charge in [0.2, 0.25) is 0 Å². The van der Waals surface area contributed by atoms with Gasteiger partial charge in [-0.15, -0.1) is 0 Å². The van der Waals surface area contributed by atoms with Crippen LogP contribution >= 0.6 is 15.9 Å². The average Bonchev–Trinajstić information content (AvgIpc) is 3.23. The van der Waals surface area contributed by atoms with Gasteiger partial charge >= 0.3 is 0 Å². The van der Waals surface area contributed by atoms with Crippen molar-refractivity contribution < 1.29 is 13.9 Å². The first-order valence-electron chi connectivity index (χ1n) is 11.9. The summed E-state index contributed by atoms with van der Waals surface area (Å²) in [6.07, 6.45) is 10.5. The van der Waals surface area contributed by atoms with Gasteiger partial charge < -0.3 is 13.9 Å². The SMILES string of the molecule is COc1ccc(COC[C@@H]2CCC[C@H]2[C@H](C/C=C/C=C(\Br)C#N)O[Si](C)(C)C(C)(C)C)cc1. The van der Waals surface area contributed by atoms with Crippen LogP contribution in [-0.2, 0) is 15.8 Å². The molecule has 2 rings (SSSR count). The van der Waals surface area contributed by atoms with E-state index in [-0.39, 0.29) is 11.1 Å². The first-order chi connectivity index (χ1) is 15.6. The van der Waals surface area contributed by atoms with Gasteiger partial charge in [-0.3, -0.25) is 0 Å². The lowest BCUT2D eigenvalue weighted by molar-refractivity contribution is 0.0345. The van der Waals surface area contributed by atoms with Gasteiger partial charge in [-0.1, -0.05) is 51.5 Å². The van der Waals surface area contributed by atoms with E-state index >= 15 is 0 Å². The Morgan fingerprint density at radius 2 is 1.94 bits per heavy atom. The molecule has 1 aromatic rings. The van der Waals surface area contributed by atoms with Crippen molar-refractivity contribution in [2.45, 2.75) is 77.3 Å². The Morgan fingerprint density at radius 1 is 1.24 bits per heavy atom. The Hall–Kier alpha value is -1.39. The van der Waals surface area contributed by atoms with Gasteiger partial charge in [-0.2, -0.15) is 5.26 Å². The molecule has 182 valence electrons. The summed E-state index contributed by atoms with van der Waals surface area (Å²) in [5.74, 6) is 1.86. The van der Waals surface area contributed by atoms with Crippen LogP contribution in [-0.4, -0.2) is 28.1 Å². The predicted molar refractivity (Wildman–Crippen MR) is 142 cm³/mol. The molecule has 33 heavy (non-hydrogen) atoms. The predicted octanol–water partition coefficient (Wildman–Crippen LogP) is 7.77. The first kappa shape index (κ1) is 27.8. The standard InChI is InChI=1S/C27H40BrNO3Si/c1-27(2,3)33(5,6)32-26(13-8-7-11-23(28)18-29)25-12-9-10-22(25)20-31-19-21-14-16-24(30-4)17-15-21/h7-8,11,14-17,22,25-26H,9-10,12-13,19-20H2,1-6H3/b8-7+,23-11-/t22-,25+,26-/m0/s1. The fraction of sp³-hybridized carbons (Fsp3) is 0.593. The van der Waals surface area contributed by atoms with Crippen molar-refractivity contribution in [2.75, 3.05) is 13.7 Å². The van der Waals surface area contributed by atoms with Crippen LogP contribution in [0, 0.1) is 23.2 Å². The largest absolute Gasteiger partial charge is 0.497 e. The lowest BCUT2D eigenvalue weighted by Gasteiger charge is -2.42. The van der Waals surface area contributed by atoms with Gasteiger partial charge in [0.15, 0.2) is 8.32 Å². The molecular weight excluding hydrogens is 494 g/mol. The highest BCUT2D eigenvalue weighted by Gasteiger charge is 2.42. The average molecular weight is 535 g/mol. The Bertz CT molecular complexity index is 836. The molecule has 0 radical (unpaired) electrons. The molecule has 1 aliphatic rings. The molecule has 1 aliphatic carbocycles. The quantitative estimate of drug-likeness (QED) is 0.165. The number of rotatable bonds is 11. The number of allylic oxidation sites excluding steroid dienone is 3. The molecule has 0 aromatic heterocycles. The topological polar surface area (TPSA) is 51.5 Å². The van der Waals surface area contributed by atoms with Crippen LogP contribution in [0.15, 0.2) is 47.0 Å². The lowest BCUT2D eigenvalue weighted by atomic mass is 9.89. The highest BCUT2D eigenvalue weighted by Crippen LogP contribution is 2.43. The highest BCUT2D eigenvalue weighted by atomic mass is 79.9. The molecule has 1 saturated carbocycles. The molecule has 0 spiro atoms. The minimum absolute atomic E-state index is 0.164. The van der Waals surface area contributed by atoms with Crippen molar-refractivity contribution in [2.24, 2.45) is 11.8 Å². The van der Waals surface area contributed by atoms with Crippen molar-refractivity contribution in [3.8, 4) is 11.8 Å². The number of hydrogen-bond donors (Lipinski definition) is 0. The molecule has 0 heterocycles. The number of hydrogen-bond acceptors (Lipinski definition) is 4. The van der Waals surface area contributed by atoms with Gasteiger partial charge in [0.1, 0.15) is 11.8 Å². The van der Waals surface area contributed by atoms with Gasteiger partial charge in [0, 0.05) is 0 Å². The second kappa shape index (κ2) is 12.9. The number of ether oxygens (including phenoxy) is 2. The second-order valence-corrected chi connectivity index (χ2v) is 16.0. The maximum Gasteiger partial charge on any atom is 0.192 e. The molecule has 1 aromatic carbocycles. The van der Waals surface area contributed by atoms with Gasteiger partial charge in [0.05, 0.1) is 30.9 Å². The molecule has 0 amide bonds. The summed E-state index contributed by atoms with van der Waals surface area (Å²) in [7, 11) is -0.228. The molecule has 0 aliphatic heterocycles. The maximum atomic E-state index is 8.95. The molecule has 0 saturated heterocycles. The normalized spacial score (nSPS) is 20.7. The molecular formula is C27H40BrNO3Si. The minimum Gasteiger partial charge on any atom is -0.497 e. The van der Waals surface area contributed by atoms with Crippen LogP contribution in [0.1, 0.15) is 52.0 Å². The maximum absolute atomic E-state index is 8.95. The zero-order valence-corrected chi connectivity index (χ0v) is 23.7. The molecule has 3 atom stereocenters. The summed E-state index contributed by atoms with van der Waals surface area (Å²) in [5, 5.41) is 9.11. The van der Waals surface area contributed by atoms with Gasteiger partial charge in [-0.05, 0) is 88.9 Å². The Morgan fingerprint density at radius 3 is 2.55 bits per heavy atom. The fourth-order valence-corrected chi connectivity index (χ4v) is 5.61. The second-order valence-electron chi connectivity index (χ2n) is 10.4. The zero-order valence-electron chi connectivity index (χ0n) is 21.1. The summed E-state index contributed by atoms with van der Waals surface area (Å²) in [4.78, 5) is 0. The van der Waals surface area contributed by atoms with Crippen LogP contribution in [0.2, 0.25) is 18.1 Å². The number of benzene rings is 1. The Balaban J connectivity index is 2.06. The van der Waals surface area contributed by atoms with Crippen LogP contribution in [0.4, 0.5) is 0 Å². The van der Waals surface area contributed by atoms with E-state index in [1.165, 1.54) is 19.3 Å². The minimum atomic E-state index is -1.91. The van der Waals surface area contributed by atoms with E-state index in [0.29, 0.717) is 22.9 Å². The van der Waals surface area contributed by atoms with E-state index in [1.807, 2.05) is 18.2 Å². The number of halogens is 1. The van der Waals surface area contributed by atoms with Crippen LogP contribution in [0.3, 0.4) is 0 Å². The molecule has 4 nitrogen and oxygen atoms in total. The number of methoxy groups -OCH3 is 1. The molecule has 6 heteroatoms. The van der Waals surface area contributed by atoms with Crippen molar-refractivity contribution in [1.82, 2.24) is 0 Å². The molecule has 0 bridgehead atoms. The van der Waals surface area contributed by atoms with E-state index in [2.05, 4.69) is 74.1 Å². The number of nitrogens with zero attached hydrogens (tertiary/aromatic N) is 1. The molecule has 1 fully saturated rings. The molecule has 0 N–H and O–H groups in total. The summed E-state index contributed by atoms with van der Waals surface area (Å²) in [5.41, 5.74) is 1.16. The fourth-order valence-electron chi connectivity index (χ4n) is 4.08. The van der Waals surface area contributed by atoms with E-state index < -0.39 is 8.32 Å².